The topological polar surface area (TPSA) is 29.1 Å². The number of hydrogen-bond donors (Lipinski definition) is 1. The number of ketones is 1. The molecular formula is C14H17NO. The van der Waals surface area contributed by atoms with Gasteiger partial charge in [0.15, 0.2) is 5.78 Å². The zero-order chi connectivity index (χ0) is 11.1. The molecule has 1 fully saturated rings. The summed E-state index contributed by atoms with van der Waals surface area (Å²) in [6.45, 7) is 3.29. The molecule has 1 aromatic rings. The van der Waals surface area contributed by atoms with E-state index in [1.165, 1.54) is 5.56 Å². The van der Waals surface area contributed by atoms with Crippen molar-refractivity contribution in [3.8, 4) is 0 Å². The summed E-state index contributed by atoms with van der Waals surface area (Å²) < 4.78 is 0. The van der Waals surface area contributed by atoms with Crippen molar-refractivity contribution in [3.05, 3.63) is 35.4 Å². The first-order valence-corrected chi connectivity index (χ1v) is 6.13. The first kappa shape index (κ1) is 10.0. The molecule has 0 bridgehead atoms. The highest BCUT2D eigenvalue weighted by atomic mass is 16.1. The molecule has 2 heteroatoms. The zero-order valence-electron chi connectivity index (χ0n) is 9.57. The van der Waals surface area contributed by atoms with Gasteiger partial charge in [0.25, 0.3) is 0 Å². The van der Waals surface area contributed by atoms with Crippen molar-refractivity contribution in [2.24, 2.45) is 5.92 Å². The molecule has 3 rings (SSSR count). The summed E-state index contributed by atoms with van der Waals surface area (Å²) in [5, 5.41) is 3.53. The summed E-state index contributed by atoms with van der Waals surface area (Å²) >= 11 is 0. The monoisotopic (exact) mass is 215 g/mol. The van der Waals surface area contributed by atoms with Crippen LogP contribution in [-0.4, -0.2) is 18.4 Å². The van der Waals surface area contributed by atoms with Crippen LogP contribution in [0.15, 0.2) is 24.3 Å². The minimum Gasteiger partial charge on any atom is -0.314 e. The highest BCUT2D eigenvalue weighted by molar-refractivity contribution is 5.99. The van der Waals surface area contributed by atoms with Crippen LogP contribution in [-0.2, 0) is 0 Å². The average molecular weight is 215 g/mol. The van der Waals surface area contributed by atoms with Gasteiger partial charge in [-0.3, -0.25) is 4.79 Å². The number of hydrogen-bond acceptors (Lipinski definition) is 2. The lowest BCUT2D eigenvalue weighted by molar-refractivity contribution is 0.0911. The van der Waals surface area contributed by atoms with Gasteiger partial charge in [-0.1, -0.05) is 24.3 Å². The fourth-order valence-electron chi connectivity index (χ4n) is 3.35. The van der Waals surface area contributed by atoms with E-state index < -0.39 is 0 Å². The molecule has 1 aliphatic carbocycles. The molecule has 0 saturated carbocycles. The summed E-state index contributed by atoms with van der Waals surface area (Å²) in [5.41, 5.74) is 2.22. The second-order valence-corrected chi connectivity index (χ2v) is 5.03. The maximum Gasteiger partial charge on any atom is 0.163 e. The van der Waals surface area contributed by atoms with Crippen LogP contribution in [0, 0.1) is 5.92 Å². The number of carbonyl (C=O) groups excluding carboxylic acids is 1. The molecule has 1 heterocycles. The Hall–Kier alpha value is -1.15. The van der Waals surface area contributed by atoms with E-state index in [-0.39, 0.29) is 0 Å². The lowest BCUT2D eigenvalue weighted by Crippen LogP contribution is -2.45. The first-order chi connectivity index (χ1) is 7.77. The summed E-state index contributed by atoms with van der Waals surface area (Å²) in [4.78, 5) is 12.0. The predicted molar refractivity (Wildman–Crippen MR) is 63.7 cm³/mol. The molecule has 1 aliphatic heterocycles. The second kappa shape index (κ2) is 3.70. The van der Waals surface area contributed by atoms with Crippen LogP contribution >= 0.6 is 0 Å². The van der Waals surface area contributed by atoms with Crippen LogP contribution < -0.4 is 5.32 Å². The van der Waals surface area contributed by atoms with Gasteiger partial charge in [-0.2, -0.15) is 0 Å². The summed E-state index contributed by atoms with van der Waals surface area (Å²) in [7, 11) is 0. The van der Waals surface area contributed by atoms with Gasteiger partial charge in [0.1, 0.15) is 0 Å². The van der Waals surface area contributed by atoms with Crippen molar-refractivity contribution < 1.29 is 4.79 Å². The van der Waals surface area contributed by atoms with Crippen molar-refractivity contribution >= 4 is 5.78 Å². The normalized spacial score (nSPS) is 33.1. The Morgan fingerprint density at radius 3 is 3.00 bits per heavy atom. The SMILES string of the molecule is CC1NCCC2CC(=O)c3ccccc3C21. The number of Topliss-reactive ketones (excluding diaryl/α,β-unsaturated/α-hetero) is 1. The lowest BCUT2D eigenvalue weighted by Gasteiger charge is -2.41. The molecule has 0 amide bonds. The van der Waals surface area contributed by atoms with Gasteiger partial charge in [-0.15, -0.1) is 0 Å². The quantitative estimate of drug-likeness (QED) is 0.719. The molecule has 3 atom stereocenters. The van der Waals surface area contributed by atoms with Gasteiger partial charge < -0.3 is 5.32 Å². The van der Waals surface area contributed by atoms with Crippen molar-refractivity contribution in [3.63, 3.8) is 0 Å². The standard InChI is InChI=1S/C14H17NO/c1-9-14-10(6-7-15-9)8-13(16)11-4-2-3-5-12(11)14/h2-5,9-10,14-15H,6-8H2,1H3. The molecule has 2 nitrogen and oxygen atoms in total. The van der Waals surface area contributed by atoms with Crippen LogP contribution in [0.4, 0.5) is 0 Å². The Morgan fingerprint density at radius 2 is 2.12 bits per heavy atom. The van der Waals surface area contributed by atoms with Crippen molar-refractivity contribution in [1.82, 2.24) is 5.32 Å². The Labute approximate surface area is 96.1 Å². The molecule has 1 aromatic carbocycles. The fraction of sp³-hybridized carbons (Fsp3) is 0.500. The van der Waals surface area contributed by atoms with E-state index in [2.05, 4.69) is 24.4 Å². The first-order valence-electron chi connectivity index (χ1n) is 6.13. The van der Waals surface area contributed by atoms with E-state index in [4.69, 9.17) is 0 Å². The summed E-state index contributed by atoms with van der Waals surface area (Å²) in [5.74, 6) is 1.42. The average Bonchev–Trinajstić information content (AvgIpc) is 2.29. The molecule has 16 heavy (non-hydrogen) atoms. The highest BCUT2D eigenvalue weighted by Crippen LogP contribution is 2.41. The zero-order valence-corrected chi connectivity index (χ0v) is 9.57. The predicted octanol–water partition coefficient (Wildman–Crippen LogP) is 2.35. The number of fused-ring (bicyclic) bond motifs is 3. The molecule has 0 radical (unpaired) electrons. The van der Waals surface area contributed by atoms with Gasteiger partial charge >= 0.3 is 0 Å². The van der Waals surface area contributed by atoms with Gasteiger partial charge in [0.05, 0.1) is 0 Å². The van der Waals surface area contributed by atoms with Gasteiger partial charge in [0, 0.05) is 23.9 Å². The molecule has 1 saturated heterocycles. The Kier molecular flexibility index (Phi) is 2.32. The molecule has 1 N–H and O–H groups in total. The number of carbonyl (C=O) groups is 1. The van der Waals surface area contributed by atoms with E-state index in [1.54, 1.807) is 0 Å². The van der Waals surface area contributed by atoms with Gasteiger partial charge in [-0.25, -0.2) is 0 Å². The maximum absolute atomic E-state index is 12.0. The Bertz CT molecular complexity index is 426. The van der Waals surface area contributed by atoms with E-state index in [9.17, 15) is 4.79 Å². The largest absolute Gasteiger partial charge is 0.314 e. The number of nitrogens with one attached hydrogen (secondary N) is 1. The van der Waals surface area contributed by atoms with Crippen LogP contribution in [0.2, 0.25) is 0 Å². The smallest absolute Gasteiger partial charge is 0.163 e. The van der Waals surface area contributed by atoms with Crippen molar-refractivity contribution in [2.45, 2.75) is 31.7 Å². The molecular weight excluding hydrogens is 198 g/mol. The Morgan fingerprint density at radius 1 is 1.31 bits per heavy atom. The van der Waals surface area contributed by atoms with Gasteiger partial charge in [0.2, 0.25) is 0 Å². The lowest BCUT2D eigenvalue weighted by atomic mass is 9.68. The third-order valence-corrected chi connectivity index (χ3v) is 4.10. The fourth-order valence-corrected chi connectivity index (χ4v) is 3.35. The molecule has 3 unspecified atom stereocenters. The molecule has 84 valence electrons. The van der Waals surface area contributed by atoms with E-state index in [1.807, 2.05) is 12.1 Å². The highest BCUT2D eigenvalue weighted by Gasteiger charge is 2.38. The van der Waals surface area contributed by atoms with Crippen molar-refractivity contribution in [1.29, 1.82) is 0 Å². The maximum atomic E-state index is 12.0. The third-order valence-electron chi connectivity index (χ3n) is 4.10. The van der Waals surface area contributed by atoms with E-state index in [0.717, 1.165) is 24.9 Å². The number of benzene rings is 1. The van der Waals surface area contributed by atoms with Crippen LogP contribution in [0.5, 0.6) is 0 Å². The summed E-state index contributed by atoms with van der Waals surface area (Å²) in [6, 6.07) is 8.63. The Balaban J connectivity index is 2.09. The number of rotatable bonds is 0. The van der Waals surface area contributed by atoms with Crippen LogP contribution in [0.1, 0.15) is 41.6 Å². The molecule has 0 spiro atoms. The van der Waals surface area contributed by atoms with E-state index in [0.29, 0.717) is 23.7 Å². The minimum absolute atomic E-state index is 0.339. The molecule has 0 aromatic heterocycles. The number of piperidine rings is 1. The second-order valence-electron chi connectivity index (χ2n) is 5.03. The summed E-state index contributed by atoms with van der Waals surface area (Å²) in [6.07, 6.45) is 1.88. The minimum atomic E-state index is 0.339. The van der Waals surface area contributed by atoms with Crippen LogP contribution in [0.3, 0.4) is 0 Å². The third kappa shape index (κ3) is 1.40. The van der Waals surface area contributed by atoms with E-state index >= 15 is 0 Å². The van der Waals surface area contributed by atoms with Gasteiger partial charge in [-0.05, 0) is 31.4 Å². The van der Waals surface area contributed by atoms with Crippen LogP contribution in [0.25, 0.3) is 0 Å². The molecule has 2 aliphatic rings. The van der Waals surface area contributed by atoms with Crippen molar-refractivity contribution in [2.75, 3.05) is 6.54 Å².